The lowest BCUT2D eigenvalue weighted by atomic mass is 10.0. The molecule has 0 aliphatic heterocycles. The van der Waals surface area contributed by atoms with Crippen LogP contribution in [0.1, 0.15) is 30.0 Å². The molecule has 0 bridgehead atoms. The number of benzene rings is 1. The number of nitrogens with one attached hydrogen (secondary N) is 1. The molecule has 1 aromatic carbocycles. The minimum Gasteiger partial charge on any atom is -0.305 e. The zero-order valence-corrected chi connectivity index (χ0v) is 11.3. The molecule has 0 radical (unpaired) electrons. The number of aryl methyl sites for hydroxylation is 1. The van der Waals surface area contributed by atoms with Crippen molar-refractivity contribution in [2.75, 3.05) is 6.54 Å². The molecule has 94 valence electrons. The predicted molar refractivity (Wildman–Crippen MR) is 73.7 cm³/mol. The first-order valence-electron chi connectivity index (χ1n) is 5.99. The van der Waals surface area contributed by atoms with E-state index in [2.05, 4.69) is 28.3 Å². The van der Waals surface area contributed by atoms with E-state index in [1.165, 1.54) is 0 Å². The molecule has 2 aromatic rings. The van der Waals surface area contributed by atoms with Crippen molar-refractivity contribution in [3.8, 4) is 0 Å². The van der Waals surface area contributed by atoms with Crippen molar-refractivity contribution < 1.29 is 0 Å². The van der Waals surface area contributed by atoms with Gasteiger partial charge in [-0.2, -0.15) is 0 Å². The Hall–Kier alpha value is -1.45. The van der Waals surface area contributed by atoms with Gasteiger partial charge in [-0.3, -0.25) is 0 Å². The average Bonchev–Trinajstić information content (AvgIpc) is 2.36. The normalized spacial score (nSPS) is 12.4. The van der Waals surface area contributed by atoms with E-state index in [-0.39, 0.29) is 6.04 Å². The Kier molecular flexibility index (Phi) is 4.28. The zero-order valence-electron chi connectivity index (χ0n) is 10.5. The van der Waals surface area contributed by atoms with Crippen LogP contribution in [0.5, 0.6) is 0 Å². The van der Waals surface area contributed by atoms with E-state index in [4.69, 9.17) is 11.6 Å². The van der Waals surface area contributed by atoms with Crippen molar-refractivity contribution in [3.05, 3.63) is 58.6 Å². The molecule has 1 heterocycles. The lowest BCUT2D eigenvalue weighted by Crippen LogP contribution is -2.23. The van der Waals surface area contributed by atoms with E-state index in [1.807, 2.05) is 31.2 Å². The summed E-state index contributed by atoms with van der Waals surface area (Å²) < 4.78 is 0. The highest BCUT2D eigenvalue weighted by Crippen LogP contribution is 2.22. The molecule has 1 atom stereocenters. The van der Waals surface area contributed by atoms with Crippen LogP contribution < -0.4 is 5.32 Å². The second kappa shape index (κ2) is 5.94. The Bertz CT molecular complexity index is 482. The summed E-state index contributed by atoms with van der Waals surface area (Å²) in [7, 11) is 0. The summed E-state index contributed by atoms with van der Waals surface area (Å²) in [5.74, 6) is 0.775. The number of nitrogens with zero attached hydrogens (tertiary/aromatic N) is 2. The fourth-order valence-corrected chi connectivity index (χ4v) is 2.12. The standard InChI is InChI=1S/C14H16ClN3/c1-3-16-14(11-5-4-6-12(15)9-11)13-7-8-17-10(2)18-13/h4-9,14,16H,3H2,1-2H3. The van der Waals surface area contributed by atoms with Crippen LogP contribution in [0.2, 0.25) is 5.02 Å². The Labute approximate surface area is 112 Å². The minimum atomic E-state index is 0.0513. The highest BCUT2D eigenvalue weighted by atomic mass is 35.5. The molecule has 2 rings (SSSR count). The monoisotopic (exact) mass is 261 g/mol. The number of hydrogen-bond acceptors (Lipinski definition) is 3. The van der Waals surface area contributed by atoms with Gasteiger partial charge in [-0.05, 0) is 37.2 Å². The summed E-state index contributed by atoms with van der Waals surface area (Å²) in [6.07, 6.45) is 1.78. The molecule has 0 saturated carbocycles. The number of aromatic nitrogens is 2. The van der Waals surface area contributed by atoms with E-state index < -0.39 is 0 Å². The van der Waals surface area contributed by atoms with Crippen molar-refractivity contribution in [1.82, 2.24) is 15.3 Å². The van der Waals surface area contributed by atoms with Gasteiger partial charge in [0.15, 0.2) is 0 Å². The predicted octanol–water partition coefficient (Wildman–Crippen LogP) is 3.14. The lowest BCUT2D eigenvalue weighted by Gasteiger charge is -2.18. The van der Waals surface area contributed by atoms with E-state index in [0.717, 1.165) is 28.6 Å². The van der Waals surface area contributed by atoms with Gasteiger partial charge in [-0.1, -0.05) is 30.7 Å². The Morgan fingerprint density at radius 1 is 1.33 bits per heavy atom. The van der Waals surface area contributed by atoms with Gasteiger partial charge in [0.05, 0.1) is 11.7 Å². The molecule has 18 heavy (non-hydrogen) atoms. The largest absolute Gasteiger partial charge is 0.305 e. The Morgan fingerprint density at radius 2 is 2.17 bits per heavy atom. The maximum absolute atomic E-state index is 6.05. The second-order valence-corrected chi connectivity index (χ2v) is 4.51. The van der Waals surface area contributed by atoms with Crippen LogP contribution in [0.4, 0.5) is 0 Å². The van der Waals surface area contributed by atoms with Crippen LogP contribution in [-0.4, -0.2) is 16.5 Å². The summed E-state index contributed by atoms with van der Waals surface area (Å²) >= 11 is 6.05. The molecule has 0 aliphatic carbocycles. The third-order valence-electron chi connectivity index (χ3n) is 2.68. The second-order valence-electron chi connectivity index (χ2n) is 4.07. The van der Waals surface area contributed by atoms with E-state index in [9.17, 15) is 0 Å². The van der Waals surface area contributed by atoms with E-state index in [1.54, 1.807) is 6.20 Å². The third-order valence-corrected chi connectivity index (χ3v) is 2.92. The molecule has 4 heteroatoms. The van der Waals surface area contributed by atoms with E-state index in [0.29, 0.717) is 0 Å². The quantitative estimate of drug-likeness (QED) is 0.919. The van der Waals surface area contributed by atoms with Gasteiger partial charge in [0.1, 0.15) is 5.82 Å². The van der Waals surface area contributed by atoms with Crippen molar-refractivity contribution in [1.29, 1.82) is 0 Å². The molecule has 3 nitrogen and oxygen atoms in total. The first kappa shape index (κ1) is 13.0. The highest BCUT2D eigenvalue weighted by molar-refractivity contribution is 6.30. The molecular formula is C14H16ClN3. The van der Waals surface area contributed by atoms with Crippen LogP contribution in [0.15, 0.2) is 36.5 Å². The van der Waals surface area contributed by atoms with Crippen molar-refractivity contribution in [2.24, 2.45) is 0 Å². The molecule has 0 aliphatic rings. The lowest BCUT2D eigenvalue weighted by molar-refractivity contribution is 0.611. The smallest absolute Gasteiger partial charge is 0.125 e. The van der Waals surface area contributed by atoms with Crippen LogP contribution in [0.3, 0.4) is 0 Å². The van der Waals surface area contributed by atoms with Gasteiger partial charge in [0.2, 0.25) is 0 Å². The maximum atomic E-state index is 6.05. The number of hydrogen-bond donors (Lipinski definition) is 1. The van der Waals surface area contributed by atoms with Crippen LogP contribution in [-0.2, 0) is 0 Å². The Balaban J connectivity index is 2.39. The van der Waals surface area contributed by atoms with Gasteiger partial charge in [0.25, 0.3) is 0 Å². The highest BCUT2D eigenvalue weighted by Gasteiger charge is 2.14. The fraction of sp³-hybridized carbons (Fsp3) is 0.286. The first-order chi connectivity index (χ1) is 8.70. The molecule has 0 amide bonds. The van der Waals surface area contributed by atoms with Gasteiger partial charge >= 0.3 is 0 Å². The summed E-state index contributed by atoms with van der Waals surface area (Å²) in [4.78, 5) is 8.61. The summed E-state index contributed by atoms with van der Waals surface area (Å²) in [5.41, 5.74) is 2.08. The third kappa shape index (κ3) is 3.06. The van der Waals surface area contributed by atoms with Gasteiger partial charge in [0, 0.05) is 11.2 Å². The minimum absolute atomic E-state index is 0.0513. The summed E-state index contributed by atoms with van der Waals surface area (Å²) in [6.45, 7) is 4.83. The summed E-state index contributed by atoms with van der Waals surface area (Å²) in [6, 6.07) is 9.83. The molecule has 0 saturated heterocycles. The number of halogens is 1. The molecule has 0 fully saturated rings. The zero-order chi connectivity index (χ0) is 13.0. The topological polar surface area (TPSA) is 37.8 Å². The molecule has 1 unspecified atom stereocenters. The van der Waals surface area contributed by atoms with Gasteiger partial charge < -0.3 is 5.32 Å². The Morgan fingerprint density at radius 3 is 2.83 bits per heavy atom. The molecular weight excluding hydrogens is 246 g/mol. The molecule has 1 aromatic heterocycles. The first-order valence-corrected chi connectivity index (χ1v) is 6.37. The van der Waals surface area contributed by atoms with Crippen LogP contribution in [0.25, 0.3) is 0 Å². The maximum Gasteiger partial charge on any atom is 0.125 e. The average molecular weight is 262 g/mol. The van der Waals surface area contributed by atoms with Crippen LogP contribution in [0, 0.1) is 6.92 Å². The summed E-state index contributed by atoms with van der Waals surface area (Å²) in [5, 5.41) is 4.16. The molecule has 0 spiro atoms. The molecule has 1 N–H and O–H groups in total. The van der Waals surface area contributed by atoms with Crippen LogP contribution >= 0.6 is 11.6 Å². The van der Waals surface area contributed by atoms with Gasteiger partial charge in [-0.15, -0.1) is 0 Å². The SMILES string of the molecule is CCNC(c1cccc(Cl)c1)c1ccnc(C)n1. The van der Waals surface area contributed by atoms with E-state index >= 15 is 0 Å². The van der Waals surface area contributed by atoms with Crippen molar-refractivity contribution in [3.63, 3.8) is 0 Å². The number of rotatable bonds is 4. The van der Waals surface area contributed by atoms with Crippen molar-refractivity contribution >= 4 is 11.6 Å². The van der Waals surface area contributed by atoms with Crippen molar-refractivity contribution in [2.45, 2.75) is 19.9 Å². The fourth-order valence-electron chi connectivity index (χ4n) is 1.92. The van der Waals surface area contributed by atoms with Gasteiger partial charge in [-0.25, -0.2) is 9.97 Å².